The standard InChI is InChI=1S/C13H11BrFNO/c14-10-3-1-9(2-4-10)8-16-11-5-6-13(17)12(15)7-11/h1-7,16-17H,8H2. The summed E-state index contributed by atoms with van der Waals surface area (Å²) in [6, 6.07) is 12.1. The van der Waals surface area contributed by atoms with Crippen molar-refractivity contribution in [3.63, 3.8) is 0 Å². The molecule has 0 aromatic heterocycles. The van der Waals surface area contributed by atoms with Gasteiger partial charge in [0, 0.05) is 22.8 Å². The highest BCUT2D eigenvalue weighted by atomic mass is 79.9. The van der Waals surface area contributed by atoms with Crippen LogP contribution in [0.4, 0.5) is 10.1 Å². The second-order valence-electron chi connectivity index (χ2n) is 3.65. The molecule has 0 atom stereocenters. The Hall–Kier alpha value is -1.55. The largest absolute Gasteiger partial charge is 0.505 e. The van der Waals surface area contributed by atoms with Gasteiger partial charge in [0.15, 0.2) is 11.6 Å². The lowest BCUT2D eigenvalue weighted by Gasteiger charge is -2.07. The normalized spacial score (nSPS) is 10.2. The predicted molar refractivity (Wildman–Crippen MR) is 69.5 cm³/mol. The van der Waals surface area contributed by atoms with E-state index < -0.39 is 5.82 Å². The van der Waals surface area contributed by atoms with E-state index in [0.29, 0.717) is 12.2 Å². The van der Waals surface area contributed by atoms with Crippen molar-refractivity contribution in [2.24, 2.45) is 0 Å². The summed E-state index contributed by atoms with van der Waals surface area (Å²) in [5, 5.41) is 12.1. The first-order valence-corrected chi connectivity index (χ1v) is 5.91. The summed E-state index contributed by atoms with van der Waals surface area (Å²) in [5.74, 6) is -0.954. The van der Waals surface area contributed by atoms with Gasteiger partial charge in [-0.1, -0.05) is 28.1 Å². The Morgan fingerprint density at radius 3 is 2.47 bits per heavy atom. The van der Waals surface area contributed by atoms with Crippen LogP contribution in [-0.2, 0) is 6.54 Å². The molecule has 0 bridgehead atoms. The number of phenols is 1. The Balaban J connectivity index is 2.02. The lowest BCUT2D eigenvalue weighted by atomic mass is 10.2. The van der Waals surface area contributed by atoms with E-state index in [0.717, 1.165) is 10.0 Å². The number of nitrogens with one attached hydrogen (secondary N) is 1. The van der Waals surface area contributed by atoms with Crippen LogP contribution < -0.4 is 5.32 Å². The van der Waals surface area contributed by atoms with E-state index in [9.17, 15) is 4.39 Å². The van der Waals surface area contributed by atoms with Crippen LogP contribution >= 0.6 is 15.9 Å². The van der Waals surface area contributed by atoms with Crippen LogP contribution in [0.3, 0.4) is 0 Å². The molecule has 17 heavy (non-hydrogen) atoms. The third-order valence-electron chi connectivity index (χ3n) is 2.36. The molecule has 0 unspecified atom stereocenters. The molecule has 0 aliphatic rings. The first-order chi connectivity index (χ1) is 8.15. The molecule has 0 fully saturated rings. The van der Waals surface area contributed by atoms with Gasteiger partial charge in [-0.2, -0.15) is 0 Å². The van der Waals surface area contributed by atoms with E-state index in [1.807, 2.05) is 24.3 Å². The summed E-state index contributed by atoms with van der Waals surface area (Å²) in [7, 11) is 0. The number of hydrogen-bond donors (Lipinski definition) is 2. The van der Waals surface area contributed by atoms with E-state index in [1.54, 1.807) is 6.07 Å². The summed E-state index contributed by atoms with van der Waals surface area (Å²) in [6.07, 6.45) is 0. The number of phenolic OH excluding ortho intramolecular Hbond substituents is 1. The lowest BCUT2D eigenvalue weighted by Crippen LogP contribution is -1.99. The average Bonchev–Trinajstić information content (AvgIpc) is 2.33. The van der Waals surface area contributed by atoms with Crippen molar-refractivity contribution in [3.8, 4) is 5.75 Å². The molecule has 88 valence electrons. The van der Waals surface area contributed by atoms with Crippen molar-refractivity contribution in [1.82, 2.24) is 0 Å². The topological polar surface area (TPSA) is 32.3 Å². The lowest BCUT2D eigenvalue weighted by molar-refractivity contribution is 0.432. The third-order valence-corrected chi connectivity index (χ3v) is 2.89. The fraction of sp³-hybridized carbons (Fsp3) is 0.0769. The molecular formula is C13H11BrFNO. The van der Waals surface area contributed by atoms with Crippen molar-refractivity contribution >= 4 is 21.6 Å². The van der Waals surface area contributed by atoms with Gasteiger partial charge in [0.2, 0.25) is 0 Å². The first kappa shape index (κ1) is 11.9. The van der Waals surface area contributed by atoms with Crippen molar-refractivity contribution in [3.05, 3.63) is 58.3 Å². The van der Waals surface area contributed by atoms with Crippen LogP contribution in [0.2, 0.25) is 0 Å². The van der Waals surface area contributed by atoms with Gasteiger partial charge in [-0.25, -0.2) is 4.39 Å². The second kappa shape index (κ2) is 5.19. The summed E-state index contributed by atoms with van der Waals surface area (Å²) < 4.78 is 14.1. The molecular weight excluding hydrogens is 285 g/mol. The van der Waals surface area contributed by atoms with Gasteiger partial charge >= 0.3 is 0 Å². The Morgan fingerprint density at radius 2 is 1.82 bits per heavy atom. The number of anilines is 1. The van der Waals surface area contributed by atoms with Crippen molar-refractivity contribution in [2.75, 3.05) is 5.32 Å². The minimum Gasteiger partial charge on any atom is -0.505 e. The maximum absolute atomic E-state index is 13.1. The number of aromatic hydroxyl groups is 1. The fourth-order valence-corrected chi connectivity index (χ4v) is 1.69. The van der Waals surface area contributed by atoms with E-state index in [-0.39, 0.29) is 5.75 Å². The highest BCUT2D eigenvalue weighted by Gasteiger charge is 2.01. The van der Waals surface area contributed by atoms with E-state index in [4.69, 9.17) is 5.11 Å². The number of hydrogen-bond acceptors (Lipinski definition) is 2. The van der Waals surface area contributed by atoms with Crippen molar-refractivity contribution in [1.29, 1.82) is 0 Å². The molecule has 0 saturated carbocycles. The van der Waals surface area contributed by atoms with Gasteiger partial charge in [-0.05, 0) is 29.8 Å². The molecule has 2 rings (SSSR count). The predicted octanol–water partition coefficient (Wildman–Crippen LogP) is 3.91. The number of benzene rings is 2. The van der Waals surface area contributed by atoms with Crippen LogP contribution in [0.5, 0.6) is 5.75 Å². The van der Waals surface area contributed by atoms with Crippen molar-refractivity contribution in [2.45, 2.75) is 6.54 Å². The molecule has 0 radical (unpaired) electrons. The summed E-state index contributed by atoms with van der Waals surface area (Å²) in [4.78, 5) is 0. The van der Waals surface area contributed by atoms with Crippen LogP contribution in [0, 0.1) is 5.82 Å². The summed E-state index contributed by atoms with van der Waals surface area (Å²) in [5.41, 5.74) is 1.74. The quantitative estimate of drug-likeness (QED) is 0.842. The Morgan fingerprint density at radius 1 is 1.12 bits per heavy atom. The van der Waals surface area contributed by atoms with Crippen LogP contribution in [0.25, 0.3) is 0 Å². The summed E-state index contributed by atoms with van der Waals surface area (Å²) >= 11 is 3.36. The molecule has 2 nitrogen and oxygen atoms in total. The van der Waals surface area contributed by atoms with Crippen LogP contribution in [-0.4, -0.2) is 5.11 Å². The molecule has 0 saturated heterocycles. The average molecular weight is 296 g/mol. The van der Waals surface area contributed by atoms with Crippen molar-refractivity contribution < 1.29 is 9.50 Å². The Bertz CT molecular complexity index is 513. The molecule has 4 heteroatoms. The molecule has 0 aliphatic carbocycles. The van der Waals surface area contributed by atoms with Gasteiger partial charge in [0.25, 0.3) is 0 Å². The molecule has 0 amide bonds. The fourth-order valence-electron chi connectivity index (χ4n) is 1.42. The number of halogens is 2. The SMILES string of the molecule is Oc1ccc(NCc2ccc(Br)cc2)cc1F. The van der Waals surface area contributed by atoms with E-state index in [1.165, 1.54) is 12.1 Å². The molecule has 2 N–H and O–H groups in total. The highest BCUT2D eigenvalue weighted by molar-refractivity contribution is 9.10. The first-order valence-electron chi connectivity index (χ1n) is 5.12. The van der Waals surface area contributed by atoms with Crippen LogP contribution in [0.1, 0.15) is 5.56 Å². The zero-order chi connectivity index (χ0) is 12.3. The molecule has 0 spiro atoms. The summed E-state index contributed by atoms with van der Waals surface area (Å²) in [6.45, 7) is 0.609. The molecule has 0 heterocycles. The monoisotopic (exact) mass is 295 g/mol. The third kappa shape index (κ3) is 3.20. The van der Waals surface area contributed by atoms with Gasteiger partial charge in [0.1, 0.15) is 0 Å². The Kier molecular flexibility index (Phi) is 3.64. The molecule has 0 aliphatic heterocycles. The maximum atomic E-state index is 13.1. The zero-order valence-electron chi connectivity index (χ0n) is 8.95. The highest BCUT2D eigenvalue weighted by Crippen LogP contribution is 2.20. The Labute approximate surface area is 107 Å². The minimum atomic E-state index is -0.620. The minimum absolute atomic E-state index is 0.334. The molecule has 2 aromatic rings. The van der Waals surface area contributed by atoms with E-state index in [2.05, 4.69) is 21.2 Å². The van der Waals surface area contributed by atoms with Gasteiger partial charge in [-0.15, -0.1) is 0 Å². The number of rotatable bonds is 3. The molecule has 2 aromatic carbocycles. The van der Waals surface area contributed by atoms with Gasteiger partial charge in [0.05, 0.1) is 0 Å². The van der Waals surface area contributed by atoms with Gasteiger partial charge < -0.3 is 10.4 Å². The zero-order valence-corrected chi connectivity index (χ0v) is 10.5. The second-order valence-corrected chi connectivity index (χ2v) is 4.56. The van der Waals surface area contributed by atoms with Gasteiger partial charge in [-0.3, -0.25) is 0 Å². The van der Waals surface area contributed by atoms with Crippen LogP contribution in [0.15, 0.2) is 46.9 Å². The maximum Gasteiger partial charge on any atom is 0.166 e. The smallest absolute Gasteiger partial charge is 0.166 e. The van der Waals surface area contributed by atoms with E-state index >= 15 is 0 Å².